The van der Waals surface area contributed by atoms with E-state index in [1.165, 1.54) is 4.90 Å². The standard InChI is InChI=1S/C16H17N3O2/c1-19(2)15(20)12-8-10-14(11-9-12)18-16(21)17-13-6-4-3-5-7-13/h3-11H,1-2H3,(H2,17,18,21). The molecule has 0 spiro atoms. The molecule has 0 aliphatic carbocycles. The van der Waals surface area contributed by atoms with Gasteiger partial charge in [-0.3, -0.25) is 4.79 Å². The van der Waals surface area contributed by atoms with E-state index in [-0.39, 0.29) is 11.9 Å². The van der Waals surface area contributed by atoms with Crippen LogP contribution in [0.3, 0.4) is 0 Å². The van der Waals surface area contributed by atoms with Crippen molar-refractivity contribution in [3.05, 3.63) is 60.2 Å². The lowest BCUT2D eigenvalue weighted by atomic mass is 10.2. The Bertz CT molecular complexity index is 622. The van der Waals surface area contributed by atoms with E-state index < -0.39 is 0 Å². The molecule has 0 aliphatic heterocycles. The van der Waals surface area contributed by atoms with Gasteiger partial charge in [0.15, 0.2) is 0 Å². The van der Waals surface area contributed by atoms with Crippen LogP contribution in [0, 0.1) is 0 Å². The van der Waals surface area contributed by atoms with Crippen molar-refractivity contribution in [3.63, 3.8) is 0 Å². The monoisotopic (exact) mass is 283 g/mol. The number of hydrogen-bond acceptors (Lipinski definition) is 2. The number of nitrogens with zero attached hydrogens (tertiary/aromatic N) is 1. The highest BCUT2D eigenvalue weighted by molar-refractivity contribution is 6.00. The summed E-state index contributed by atoms with van der Waals surface area (Å²) in [5.41, 5.74) is 1.92. The van der Waals surface area contributed by atoms with Crippen LogP contribution in [-0.4, -0.2) is 30.9 Å². The SMILES string of the molecule is CN(C)C(=O)c1ccc(NC(=O)Nc2ccccc2)cc1. The van der Waals surface area contributed by atoms with Crippen molar-refractivity contribution in [2.75, 3.05) is 24.7 Å². The van der Waals surface area contributed by atoms with Gasteiger partial charge >= 0.3 is 6.03 Å². The second-order valence-corrected chi connectivity index (χ2v) is 4.72. The third kappa shape index (κ3) is 4.07. The fourth-order valence-corrected chi connectivity index (χ4v) is 1.77. The summed E-state index contributed by atoms with van der Waals surface area (Å²) in [5.74, 6) is -0.0738. The maximum atomic E-state index is 11.8. The van der Waals surface area contributed by atoms with Crippen LogP contribution in [0.4, 0.5) is 16.2 Å². The highest BCUT2D eigenvalue weighted by atomic mass is 16.2. The van der Waals surface area contributed by atoms with Crippen molar-refractivity contribution in [2.24, 2.45) is 0 Å². The average Bonchev–Trinajstić information content (AvgIpc) is 2.48. The van der Waals surface area contributed by atoms with Gasteiger partial charge in [0, 0.05) is 31.0 Å². The summed E-state index contributed by atoms with van der Waals surface area (Å²) in [4.78, 5) is 25.1. The average molecular weight is 283 g/mol. The maximum Gasteiger partial charge on any atom is 0.323 e. The van der Waals surface area contributed by atoms with Crippen LogP contribution >= 0.6 is 0 Å². The first-order chi connectivity index (χ1) is 10.1. The molecule has 0 bridgehead atoms. The van der Waals surface area contributed by atoms with Crippen LogP contribution in [0.1, 0.15) is 10.4 Å². The van der Waals surface area contributed by atoms with Crippen LogP contribution in [0.15, 0.2) is 54.6 Å². The smallest absolute Gasteiger partial charge is 0.323 e. The molecule has 21 heavy (non-hydrogen) atoms. The molecule has 5 heteroatoms. The fraction of sp³-hybridized carbons (Fsp3) is 0.125. The molecule has 2 N–H and O–H groups in total. The second kappa shape index (κ2) is 6.56. The van der Waals surface area contributed by atoms with Gasteiger partial charge in [-0.25, -0.2) is 4.79 Å². The van der Waals surface area contributed by atoms with E-state index in [1.807, 2.05) is 18.2 Å². The Morgan fingerprint density at radius 3 is 1.86 bits per heavy atom. The summed E-state index contributed by atoms with van der Waals surface area (Å²) in [6, 6.07) is 15.6. The van der Waals surface area contributed by atoms with Crippen LogP contribution in [0.2, 0.25) is 0 Å². The van der Waals surface area contributed by atoms with Crippen molar-refractivity contribution < 1.29 is 9.59 Å². The van der Waals surface area contributed by atoms with Crippen molar-refractivity contribution in [2.45, 2.75) is 0 Å². The van der Waals surface area contributed by atoms with E-state index in [9.17, 15) is 9.59 Å². The van der Waals surface area contributed by atoms with Gasteiger partial charge in [-0.2, -0.15) is 0 Å². The Kier molecular flexibility index (Phi) is 4.56. The number of amides is 3. The first kappa shape index (κ1) is 14.6. The number of rotatable bonds is 3. The van der Waals surface area contributed by atoms with Crippen LogP contribution in [0.25, 0.3) is 0 Å². The Labute approximate surface area is 123 Å². The molecule has 3 amide bonds. The topological polar surface area (TPSA) is 61.4 Å². The van der Waals surface area contributed by atoms with E-state index in [4.69, 9.17) is 0 Å². The quantitative estimate of drug-likeness (QED) is 0.909. The third-order valence-corrected chi connectivity index (χ3v) is 2.83. The van der Waals surface area contributed by atoms with Gasteiger partial charge in [0.05, 0.1) is 0 Å². The van der Waals surface area contributed by atoms with E-state index >= 15 is 0 Å². The lowest BCUT2D eigenvalue weighted by Gasteiger charge is -2.11. The zero-order chi connectivity index (χ0) is 15.2. The van der Waals surface area contributed by atoms with Gasteiger partial charge in [-0.15, -0.1) is 0 Å². The highest BCUT2D eigenvalue weighted by Gasteiger charge is 2.08. The van der Waals surface area contributed by atoms with Crippen molar-refractivity contribution in [1.82, 2.24) is 4.90 Å². The first-order valence-corrected chi connectivity index (χ1v) is 6.51. The molecule has 0 atom stereocenters. The molecule has 108 valence electrons. The Morgan fingerprint density at radius 1 is 0.810 bits per heavy atom. The molecule has 0 unspecified atom stereocenters. The second-order valence-electron chi connectivity index (χ2n) is 4.72. The molecular formula is C16H17N3O2. The highest BCUT2D eigenvalue weighted by Crippen LogP contribution is 2.12. The van der Waals surface area contributed by atoms with Gasteiger partial charge in [-0.1, -0.05) is 18.2 Å². The summed E-state index contributed by atoms with van der Waals surface area (Å²) in [7, 11) is 3.39. The predicted octanol–water partition coefficient (Wildman–Crippen LogP) is 3.03. The molecule has 0 heterocycles. The Balaban J connectivity index is 1.97. The van der Waals surface area contributed by atoms with Gasteiger partial charge in [0.2, 0.25) is 0 Å². The maximum absolute atomic E-state index is 11.8. The van der Waals surface area contributed by atoms with Gasteiger partial charge in [0.25, 0.3) is 5.91 Å². The van der Waals surface area contributed by atoms with Gasteiger partial charge in [-0.05, 0) is 36.4 Å². The summed E-state index contributed by atoms with van der Waals surface area (Å²) in [5, 5.41) is 5.43. The number of nitrogens with one attached hydrogen (secondary N) is 2. The molecule has 0 saturated carbocycles. The lowest BCUT2D eigenvalue weighted by molar-refractivity contribution is 0.0827. The number of urea groups is 1. The minimum Gasteiger partial charge on any atom is -0.345 e. The predicted molar refractivity (Wildman–Crippen MR) is 83.5 cm³/mol. The van der Waals surface area contributed by atoms with Crippen molar-refractivity contribution in [1.29, 1.82) is 0 Å². The molecule has 0 radical (unpaired) electrons. The number of hydrogen-bond donors (Lipinski definition) is 2. The van der Waals surface area contributed by atoms with Gasteiger partial charge < -0.3 is 15.5 Å². The van der Waals surface area contributed by atoms with Crippen LogP contribution < -0.4 is 10.6 Å². The van der Waals surface area contributed by atoms with Crippen LogP contribution in [-0.2, 0) is 0 Å². The molecule has 2 aromatic rings. The van der Waals surface area contributed by atoms with E-state index in [1.54, 1.807) is 50.5 Å². The Morgan fingerprint density at radius 2 is 1.33 bits per heavy atom. The van der Waals surface area contributed by atoms with E-state index in [2.05, 4.69) is 10.6 Å². The molecule has 0 saturated heterocycles. The zero-order valence-electron chi connectivity index (χ0n) is 12.0. The first-order valence-electron chi connectivity index (χ1n) is 6.51. The van der Waals surface area contributed by atoms with Gasteiger partial charge in [0.1, 0.15) is 0 Å². The summed E-state index contributed by atoms with van der Waals surface area (Å²) < 4.78 is 0. The molecule has 2 aromatic carbocycles. The summed E-state index contributed by atoms with van der Waals surface area (Å²) in [6.45, 7) is 0. The third-order valence-electron chi connectivity index (χ3n) is 2.83. The van der Waals surface area contributed by atoms with Crippen LogP contribution in [0.5, 0.6) is 0 Å². The normalized spacial score (nSPS) is 9.81. The van der Waals surface area contributed by atoms with Crippen molar-refractivity contribution >= 4 is 23.3 Å². The van der Waals surface area contributed by atoms with E-state index in [0.717, 1.165) is 5.69 Å². The molecule has 2 rings (SSSR count). The zero-order valence-corrected chi connectivity index (χ0v) is 12.0. The molecular weight excluding hydrogens is 266 g/mol. The van der Waals surface area contributed by atoms with Crippen molar-refractivity contribution in [3.8, 4) is 0 Å². The number of benzene rings is 2. The molecule has 0 aromatic heterocycles. The lowest BCUT2D eigenvalue weighted by Crippen LogP contribution is -2.22. The number of carbonyl (C=O) groups is 2. The number of anilines is 2. The largest absolute Gasteiger partial charge is 0.345 e. The van der Waals surface area contributed by atoms with E-state index in [0.29, 0.717) is 11.3 Å². The number of carbonyl (C=O) groups excluding carboxylic acids is 2. The molecule has 0 aliphatic rings. The minimum absolute atomic E-state index is 0.0738. The fourth-order valence-electron chi connectivity index (χ4n) is 1.77. The summed E-state index contributed by atoms with van der Waals surface area (Å²) >= 11 is 0. The Hall–Kier alpha value is -2.82. The molecule has 0 fully saturated rings. The summed E-state index contributed by atoms with van der Waals surface area (Å²) in [6.07, 6.45) is 0. The minimum atomic E-state index is -0.326. The number of para-hydroxylation sites is 1. The molecule has 5 nitrogen and oxygen atoms in total.